The molecule has 19 heavy (non-hydrogen) atoms. The lowest BCUT2D eigenvalue weighted by molar-refractivity contribution is 0.100. The van der Waals surface area contributed by atoms with E-state index in [-0.39, 0.29) is 0 Å². The van der Waals surface area contributed by atoms with Gasteiger partial charge in [-0.1, -0.05) is 39.7 Å². The molecule has 0 spiro atoms. The van der Waals surface area contributed by atoms with E-state index in [1.807, 2.05) is 24.3 Å². The number of carbonyl (C=O) groups excluding carboxylic acids is 1. The van der Waals surface area contributed by atoms with Crippen LogP contribution in [0.3, 0.4) is 0 Å². The van der Waals surface area contributed by atoms with Crippen LogP contribution in [0.25, 0.3) is 0 Å². The van der Waals surface area contributed by atoms with E-state index in [9.17, 15) is 4.79 Å². The lowest BCUT2D eigenvalue weighted by Gasteiger charge is -2.08. The lowest BCUT2D eigenvalue weighted by Crippen LogP contribution is -2.11. The summed E-state index contributed by atoms with van der Waals surface area (Å²) in [5.74, 6) is -0.524. The van der Waals surface area contributed by atoms with Gasteiger partial charge in [-0.15, -0.1) is 0 Å². The van der Waals surface area contributed by atoms with Gasteiger partial charge in [-0.2, -0.15) is 0 Å². The normalized spacial score (nSPS) is 10.2. The Hall–Kier alpha value is -1.52. The second kappa shape index (κ2) is 6.08. The quantitative estimate of drug-likeness (QED) is 0.890. The first kappa shape index (κ1) is 13.9. The number of rotatable bonds is 4. The predicted octanol–water partition coefficient (Wildman–Crippen LogP) is 3.81. The number of benzene rings is 2. The predicted molar refractivity (Wildman–Crippen MR) is 81.4 cm³/mol. The second-order valence-corrected chi connectivity index (χ2v) is 5.36. The monoisotopic (exact) mass is 338 g/mol. The van der Waals surface area contributed by atoms with Crippen LogP contribution >= 0.6 is 27.5 Å². The average molecular weight is 340 g/mol. The van der Waals surface area contributed by atoms with Crippen LogP contribution < -0.4 is 11.1 Å². The van der Waals surface area contributed by atoms with Crippen molar-refractivity contribution in [1.82, 2.24) is 0 Å². The molecule has 0 saturated heterocycles. The van der Waals surface area contributed by atoms with Gasteiger partial charge in [-0.3, -0.25) is 4.79 Å². The number of nitrogens with two attached hydrogens (primary N) is 1. The summed E-state index contributed by atoms with van der Waals surface area (Å²) in [6.45, 7) is 0.680. The molecule has 5 heteroatoms. The third kappa shape index (κ3) is 3.72. The Morgan fingerprint density at radius 2 is 1.89 bits per heavy atom. The van der Waals surface area contributed by atoms with Crippen molar-refractivity contribution in [2.45, 2.75) is 6.54 Å². The molecule has 0 bridgehead atoms. The van der Waals surface area contributed by atoms with E-state index in [2.05, 4.69) is 21.2 Å². The Morgan fingerprint density at radius 3 is 2.47 bits per heavy atom. The molecule has 0 unspecified atom stereocenters. The van der Waals surface area contributed by atoms with Crippen LogP contribution in [0, 0.1) is 0 Å². The molecule has 1 amide bonds. The first-order valence-electron chi connectivity index (χ1n) is 5.64. The van der Waals surface area contributed by atoms with Gasteiger partial charge in [-0.05, 0) is 35.9 Å². The molecule has 2 aromatic rings. The SMILES string of the molecule is NC(=O)c1ccc(NCc2ccc(Br)cc2)cc1Cl. The van der Waals surface area contributed by atoms with Crippen molar-refractivity contribution in [3.8, 4) is 0 Å². The fourth-order valence-electron chi connectivity index (χ4n) is 1.63. The Morgan fingerprint density at radius 1 is 1.21 bits per heavy atom. The van der Waals surface area contributed by atoms with Gasteiger partial charge in [0, 0.05) is 16.7 Å². The van der Waals surface area contributed by atoms with Crippen LogP contribution in [0.4, 0.5) is 5.69 Å². The van der Waals surface area contributed by atoms with Crippen molar-refractivity contribution in [2.75, 3.05) is 5.32 Å². The standard InChI is InChI=1S/C14H12BrClN2O/c15-10-3-1-9(2-4-10)8-18-11-5-6-12(14(17)19)13(16)7-11/h1-7,18H,8H2,(H2,17,19). The zero-order chi connectivity index (χ0) is 13.8. The first-order valence-corrected chi connectivity index (χ1v) is 6.81. The maximum Gasteiger partial charge on any atom is 0.250 e. The second-order valence-electron chi connectivity index (χ2n) is 4.04. The number of nitrogens with one attached hydrogen (secondary N) is 1. The molecule has 2 rings (SSSR count). The third-order valence-electron chi connectivity index (χ3n) is 2.64. The van der Waals surface area contributed by atoms with Crippen molar-refractivity contribution in [3.63, 3.8) is 0 Å². The molecule has 0 heterocycles. The molecule has 0 aliphatic rings. The molecule has 98 valence electrons. The van der Waals surface area contributed by atoms with Crippen LogP contribution in [0.15, 0.2) is 46.9 Å². The van der Waals surface area contributed by atoms with Crippen LogP contribution in [-0.4, -0.2) is 5.91 Å². The largest absolute Gasteiger partial charge is 0.381 e. The van der Waals surface area contributed by atoms with Gasteiger partial charge >= 0.3 is 0 Å². The zero-order valence-electron chi connectivity index (χ0n) is 9.99. The molecule has 0 atom stereocenters. The topological polar surface area (TPSA) is 55.1 Å². The maximum atomic E-state index is 11.1. The van der Waals surface area contributed by atoms with Crippen molar-refractivity contribution in [2.24, 2.45) is 5.73 Å². The van der Waals surface area contributed by atoms with Crippen LogP contribution in [0.2, 0.25) is 5.02 Å². The van der Waals surface area contributed by atoms with E-state index in [0.29, 0.717) is 17.1 Å². The van der Waals surface area contributed by atoms with E-state index in [1.165, 1.54) is 0 Å². The van der Waals surface area contributed by atoms with Crippen LogP contribution in [-0.2, 0) is 6.54 Å². The highest BCUT2D eigenvalue weighted by Crippen LogP contribution is 2.21. The van der Waals surface area contributed by atoms with Crippen LogP contribution in [0.1, 0.15) is 15.9 Å². The Labute approximate surface area is 124 Å². The van der Waals surface area contributed by atoms with Gasteiger partial charge in [0.05, 0.1) is 10.6 Å². The van der Waals surface area contributed by atoms with E-state index < -0.39 is 5.91 Å². The molecule has 3 nitrogen and oxygen atoms in total. The van der Waals surface area contributed by atoms with Gasteiger partial charge < -0.3 is 11.1 Å². The number of anilines is 1. The van der Waals surface area contributed by atoms with Gasteiger partial charge in [0.1, 0.15) is 0 Å². The summed E-state index contributed by atoms with van der Waals surface area (Å²) in [5.41, 5.74) is 7.52. The maximum absolute atomic E-state index is 11.1. The Kier molecular flexibility index (Phi) is 4.45. The summed E-state index contributed by atoms with van der Waals surface area (Å²) >= 11 is 9.37. The molecule has 0 aliphatic carbocycles. The fourth-order valence-corrected chi connectivity index (χ4v) is 2.17. The number of primary amides is 1. The zero-order valence-corrected chi connectivity index (χ0v) is 12.3. The smallest absolute Gasteiger partial charge is 0.250 e. The minimum Gasteiger partial charge on any atom is -0.381 e. The summed E-state index contributed by atoms with van der Waals surface area (Å²) in [4.78, 5) is 11.1. The first-order chi connectivity index (χ1) is 9.06. The van der Waals surface area contributed by atoms with Gasteiger partial charge in [0.15, 0.2) is 0 Å². The van der Waals surface area contributed by atoms with E-state index in [4.69, 9.17) is 17.3 Å². The molecular formula is C14H12BrClN2O. The van der Waals surface area contributed by atoms with Gasteiger partial charge in [0.25, 0.3) is 0 Å². The highest BCUT2D eigenvalue weighted by Gasteiger charge is 2.06. The minimum atomic E-state index is -0.524. The summed E-state index contributed by atoms with van der Waals surface area (Å²) in [5, 5.41) is 3.59. The summed E-state index contributed by atoms with van der Waals surface area (Å²) in [7, 11) is 0. The van der Waals surface area contributed by atoms with Gasteiger partial charge in [-0.25, -0.2) is 0 Å². The molecule has 2 aromatic carbocycles. The Balaban J connectivity index is 2.06. The van der Waals surface area contributed by atoms with E-state index in [1.54, 1.807) is 18.2 Å². The molecule has 0 fully saturated rings. The van der Waals surface area contributed by atoms with Gasteiger partial charge in [0.2, 0.25) is 5.91 Å². The number of carbonyl (C=O) groups is 1. The van der Waals surface area contributed by atoms with E-state index >= 15 is 0 Å². The summed E-state index contributed by atoms with van der Waals surface area (Å²) in [6, 6.07) is 13.1. The van der Waals surface area contributed by atoms with Crippen molar-refractivity contribution in [3.05, 3.63) is 63.1 Å². The molecule has 0 saturated carbocycles. The fraction of sp³-hybridized carbons (Fsp3) is 0.0714. The number of halogens is 2. The third-order valence-corrected chi connectivity index (χ3v) is 3.49. The minimum absolute atomic E-state index is 0.329. The molecule has 0 radical (unpaired) electrons. The summed E-state index contributed by atoms with van der Waals surface area (Å²) in [6.07, 6.45) is 0. The van der Waals surface area contributed by atoms with Crippen molar-refractivity contribution in [1.29, 1.82) is 0 Å². The van der Waals surface area contributed by atoms with Crippen LogP contribution in [0.5, 0.6) is 0 Å². The van der Waals surface area contributed by atoms with Crippen molar-refractivity contribution >= 4 is 39.1 Å². The van der Waals surface area contributed by atoms with Crippen molar-refractivity contribution < 1.29 is 4.79 Å². The number of hydrogen-bond donors (Lipinski definition) is 2. The Bertz CT molecular complexity index is 599. The summed E-state index contributed by atoms with van der Waals surface area (Å²) < 4.78 is 1.05. The lowest BCUT2D eigenvalue weighted by atomic mass is 10.2. The molecule has 0 aliphatic heterocycles. The average Bonchev–Trinajstić information content (AvgIpc) is 2.37. The number of hydrogen-bond acceptors (Lipinski definition) is 2. The molecular weight excluding hydrogens is 328 g/mol. The highest BCUT2D eigenvalue weighted by atomic mass is 79.9. The van der Waals surface area contributed by atoms with E-state index in [0.717, 1.165) is 15.7 Å². The molecule has 0 aromatic heterocycles. The molecule has 3 N–H and O–H groups in total. The number of amides is 1. The highest BCUT2D eigenvalue weighted by molar-refractivity contribution is 9.10.